The molecule has 4 heterocycles. The number of benzene rings is 1. The second-order valence-corrected chi connectivity index (χ2v) is 11.4. The third kappa shape index (κ3) is 7.99. The van der Waals surface area contributed by atoms with Gasteiger partial charge >= 0.3 is 6.03 Å². The number of hydrogen-bond donors (Lipinski definition) is 4. The third-order valence-electron chi connectivity index (χ3n) is 7.40. The molecule has 41 heavy (non-hydrogen) atoms. The molecule has 0 saturated carbocycles. The van der Waals surface area contributed by atoms with E-state index in [1.54, 1.807) is 19.3 Å². The van der Waals surface area contributed by atoms with E-state index in [4.69, 9.17) is 32.9 Å². The molecule has 2 fully saturated rings. The fraction of sp³-hybridized carbons (Fsp3) is 0.414. The summed E-state index contributed by atoms with van der Waals surface area (Å²) >= 11 is 12.6. The lowest BCUT2D eigenvalue weighted by Crippen LogP contribution is -2.51. The van der Waals surface area contributed by atoms with E-state index in [2.05, 4.69) is 30.7 Å². The van der Waals surface area contributed by atoms with Gasteiger partial charge in [-0.2, -0.15) is 0 Å². The van der Waals surface area contributed by atoms with Crippen molar-refractivity contribution in [2.24, 2.45) is 0 Å². The first-order valence-corrected chi connectivity index (χ1v) is 14.5. The normalized spacial score (nSPS) is 17.2. The minimum atomic E-state index is -0.928. The van der Waals surface area contributed by atoms with Crippen LogP contribution >= 0.6 is 23.2 Å². The molecular weight excluding hydrogens is 565 g/mol. The van der Waals surface area contributed by atoms with Gasteiger partial charge in [0.15, 0.2) is 0 Å². The van der Waals surface area contributed by atoms with E-state index in [1.807, 2.05) is 36.4 Å². The highest BCUT2D eigenvalue weighted by Crippen LogP contribution is 2.31. The first kappa shape index (κ1) is 29.3. The Morgan fingerprint density at radius 3 is 2.46 bits per heavy atom. The first-order chi connectivity index (χ1) is 19.8. The number of aromatic nitrogens is 2. The van der Waals surface area contributed by atoms with Crippen LogP contribution in [0.5, 0.6) is 11.6 Å². The summed E-state index contributed by atoms with van der Waals surface area (Å²) in [6.07, 6.45) is 2.82. The Morgan fingerprint density at radius 1 is 1.07 bits per heavy atom. The van der Waals surface area contributed by atoms with Crippen LogP contribution in [0.25, 0.3) is 11.3 Å². The van der Waals surface area contributed by atoms with Crippen LogP contribution in [0.1, 0.15) is 18.4 Å². The zero-order chi connectivity index (χ0) is 28.8. The number of nitrogens with one attached hydrogen (secondary N) is 3. The molecule has 2 saturated heterocycles. The highest BCUT2D eigenvalue weighted by molar-refractivity contribution is 6.35. The van der Waals surface area contributed by atoms with Crippen molar-refractivity contribution in [3.63, 3.8) is 0 Å². The van der Waals surface area contributed by atoms with Crippen LogP contribution in [0.15, 0.2) is 48.7 Å². The van der Waals surface area contributed by atoms with Crippen molar-refractivity contribution < 1.29 is 14.6 Å². The zero-order valence-electron chi connectivity index (χ0n) is 23.0. The van der Waals surface area contributed by atoms with Crippen molar-refractivity contribution in [1.82, 2.24) is 30.8 Å². The summed E-state index contributed by atoms with van der Waals surface area (Å²) in [6, 6.07) is 12.9. The van der Waals surface area contributed by atoms with Crippen molar-refractivity contribution in [2.75, 3.05) is 57.8 Å². The number of hydrogen-bond acceptors (Lipinski definition) is 8. The minimum absolute atomic E-state index is 0.217. The Hall–Kier alpha value is -3.15. The highest BCUT2D eigenvalue weighted by atomic mass is 35.5. The average molecular weight is 601 g/mol. The number of rotatable bonds is 8. The van der Waals surface area contributed by atoms with Gasteiger partial charge in [0.25, 0.3) is 0 Å². The number of nitrogens with zero attached hydrogens (tertiary/aromatic N) is 4. The molecule has 2 amide bonds. The molecular formula is C29H35Cl2N7O3. The number of likely N-dealkylation sites (tertiary alicyclic amines) is 1. The van der Waals surface area contributed by atoms with Crippen LogP contribution in [0, 0.1) is 0 Å². The van der Waals surface area contributed by atoms with E-state index in [0.29, 0.717) is 59.8 Å². The molecule has 4 N–H and O–H groups in total. The summed E-state index contributed by atoms with van der Waals surface area (Å²) in [6.45, 7) is 5.93. The molecule has 12 heteroatoms. The van der Waals surface area contributed by atoms with E-state index in [0.717, 1.165) is 43.1 Å². The van der Waals surface area contributed by atoms with E-state index < -0.39 is 5.60 Å². The van der Waals surface area contributed by atoms with E-state index >= 15 is 0 Å². The molecule has 2 aromatic heterocycles. The SMILES string of the molecule is CNC(=O)NCC1(O)CCN(Cc2cc(Oc3ccc(N4CCNCC4)nc3)nc(-c3cc(Cl)cc(Cl)c3)c2)CC1. The number of carbonyl (C=O) groups is 1. The number of piperidine rings is 1. The van der Waals surface area contributed by atoms with E-state index in [1.165, 1.54) is 0 Å². The summed E-state index contributed by atoms with van der Waals surface area (Å²) in [7, 11) is 1.55. The van der Waals surface area contributed by atoms with Crippen LogP contribution in [-0.2, 0) is 6.54 Å². The molecule has 5 rings (SSSR count). The van der Waals surface area contributed by atoms with E-state index in [-0.39, 0.29) is 12.6 Å². The molecule has 2 aliphatic rings. The standard InChI is InChI=1S/C29H35Cl2N7O3/c1-32-28(39)35-19-29(40)4-8-37(9-5-29)18-20-12-25(21-14-22(30)16-23(31)15-21)36-27(13-20)41-24-2-3-26(34-17-24)38-10-6-33-7-11-38/h2-3,12-17,33,40H,4-11,18-19H2,1H3,(H2,32,35,39). The van der Waals surface area contributed by atoms with Gasteiger partial charge in [0.05, 0.1) is 17.5 Å². The fourth-order valence-electron chi connectivity index (χ4n) is 5.08. The smallest absolute Gasteiger partial charge is 0.314 e. The molecule has 10 nitrogen and oxygen atoms in total. The van der Waals surface area contributed by atoms with Crippen molar-refractivity contribution in [3.05, 3.63) is 64.3 Å². The lowest BCUT2D eigenvalue weighted by Gasteiger charge is -2.38. The summed E-state index contributed by atoms with van der Waals surface area (Å²) in [4.78, 5) is 25.5. The summed E-state index contributed by atoms with van der Waals surface area (Å²) in [5, 5.41) is 20.6. The molecule has 0 unspecified atom stereocenters. The largest absolute Gasteiger partial charge is 0.437 e. The van der Waals surface area contributed by atoms with Gasteiger partial charge in [0.1, 0.15) is 11.6 Å². The number of pyridine rings is 2. The molecule has 0 spiro atoms. The van der Waals surface area contributed by atoms with Crippen molar-refractivity contribution in [3.8, 4) is 22.9 Å². The van der Waals surface area contributed by atoms with Gasteiger partial charge in [-0.25, -0.2) is 14.8 Å². The van der Waals surface area contributed by atoms with Gasteiger partial charge in [-0.05, 0) is 54.8 Å². The lowest BCUT2D eigenvalue weighted by atomic mass is 9.91. The maximum absolute atomic E-state index is 11.6. The Morgan fingerprint density at radius 2 is 1.80 bits per heavy atom. The number of urea groups is 1. The lowest BCUT2D eigenvalue weighted by molar-refractivity contribution is -0.0197. The number of carbonyl (C=O) groups excluding carboxylic acids is 1. The number of piperazine rings is 1. The van der Waals surface area contributed by atoms with Gasteiger partial charge < -0.3 is 30.7 Å². The number of anilines is 1. The monoisotopic (exact) mass is 599 g/mol. The Bertz CT molecular complexity index is 1320. The predicted molar refractivity (Wildman–Crippen MR) is 161 cm³/mol. The van der Waals surface area contributed by atoms with Crippen LogP contribution in [-0.4, -0.2) is 84.5 Å². The zero-order valence-corrected chi connectivity index (χ0v) is 24.5. The van der Waals surface area contributed by atoms with Crippen molar-refractivity contribution in [1.29, 1.82) is 0 Å². The van der Waals surface area contributed by atoms with Crippen molar-refractivity contribution >= 4 is 35.1 Å². The van der Waals surface area contributed by atoms with Gasteiger partial charge in [-0.3, -0.25) is 4.90 Å². The van der Waals surface area contributed by atoms with E-state index in [9.17, 15) is 9.90 Å². The van der Waals surface area contributed by atoms with Crippen LogP contribution in [0.4, 0.5) is 10.6 Å². The van der Waals surface area contributed by atoms with Gasteiger partial charge in [0, 0.05) is 81.1 Å². The Kier molecular flexibility index (Phi) is 9.46. The molecule has 0 aliphatic carbocycles. The van der Waals surface area contributed by atoms with Crippen LogP contribution in [0.2, 0.25) is 10.0 Å². The summed E-state index contributed by atoms with van der Waals surface area (Å²) in [5.41, 5.74) is 1.55. The maximum Gasteiger partial charge on any atom is 0.314 e. The average Bonchev–Trinajstić information content (AvgIpc) is 2.97. The molecule has 218 valence electrons. The highest BCUT2D eigenvalue weighted by Gasteiger charge is 2.32. The first-order valence-electron chi connectivity index (χ1n) is 13.8. The Labute approximate surface area is 250 Å². The van der Waals surface area contributed by atoms with Gasteiger partial charge in [-0.1, -0.05) is 23.2 Å². The molecule has 1 aromatic carbocycles. The maximum atomic E-state index is 11.6. The number of amides is 2. The number of aliphatic hydroxyl groups is 1. The topological polar surface area (TPSA) is 115 Å². The quantitative estimate of drug-likeness (QED) is 0.308. The van der Waals surface area contributed by atoms with Gasteiger partial charge in [-0.15, -0.1) is 0 Å². The fourth-order valence-corrected chi connectivity index (χ4v) is 5.61. The van der Waals surface area contributed by atoms with Crippen LogP contribution < -0.4 is 25.6 Å². The molecule has 3 aromatic rings. The number of halogens is 2. The summed E-state index contributed by atoms with van der Waals surface area (Å²) < 4.78 is 6.20. The van der Waals surface area contributed by atoms with Crippen molar-refractivity contribution in [2.45, 2.75) is 25.0 Å². The second kappa shape index (κ2) is 13.2. The predicted octanol–water partition coefficient (Wildman–Crippen LogP) is 3.91. The Balaban J connectivity index is 1.33. The summed E-state index contributed by atoms with van der Waals surface area (Å²) in [5.74, 6) is 1.95. The number of ether oxygens (including phenoxy) is 1. The second-order valence-electron chi connectivity index (χ2n) is 10.5. The molecule has 2 aliphatic heterocycles. The third-order valence-corrected chi connectivity index (χ3v) is 7.84. The van der Waals surface area contributed by atoms with Crippen LogP contribution in [0.3, 0.4) is 0 Å². The molecule has 0 radical (unpaired) electrons. The molecule has 0 bridgehead atoms. The van der Waals surface area contributed by atoms with Gasteiger partial charge in [0.2, 0.25) is 5.88 Å². The molecule has 0 atom stereocenters. The minimum Gasteiger partial charge on any atom is -0.437 e.